The summed E-state index contributed by atoms with van der Waals surface area (Å²) >= 11 is 0. The number of sulfonamides is 1. The van der Waals surface area contributed by atoms with E-state index in [4.69, 9.17) is 0 Å². The molecule has 0 amide bonds. The quantitative estimate of drug-likeness (QED) is 0.651. The van der Waals surface area contributed by atoms with Gasteiger partial charge in [-0.2, -0.15) is 22.6 Å². The lowest BCUT2D eigenvalue weighted by Crippen LogP contribution is -2.46. The van der Waals surface area contributed by atoms with Crippen LogP contribution in [0.2, 0.25) is 0 Å². The van der Waals surface area contributed by atoms with E-state index in [0.717, 1.165) is 11.8 Å². The highest BCUT2D eigenvalue weighted by molar-refractivity contribution is 7.89. The molecule has 1 aromatic carbocycles. The van der Waals surface area contributed by atoms with Crippen molar-refractivity contribution in [2.45, 2.75) is 63.6 Å². The largest absolute Gasteiger partial charge is 0.433 e. The second-order valence-corrected chi connectivity index (χ2v) is 9.17. The molecule has 6 nitrogen and oxygen atoms in total. The Labute approximate surface area is 182 Å². The first-order valence-electron chi connectivity index (χ1n) is 10.6. The first-order chi connectivity index (χ1) is 14.7. The molecule has 1 aliphatic heterocycles. The van der Waals surface area contributed by atoms with E-state index >= 15 is 0 Å². The number of H-pyrrole nitrogens is 1. The molecular weight excluding hydrogens is 429 g/mol. The van der Waals surface area contributed by atoms with E-state index in [-0.39, 0.29) is 35.9 Å². The molecule has 0 aliphatic carbocycles. The van der Waals surface area contributed by atoms with E-state index in [1.165, 1.54) is 4.31 Å². The van der Waals surface area contributed by atoms with Crippen molar-refractivity contribution in [2.75, 3.05) is 19.6 Å². The van der Waals surface area contributed by atoms with Gasteiger partial charge in [-0.1, -0.05) is 31.5 Å². The predicted molar refractivity (Wildman–Crippen MR) is 114 cm³/mol. The number of aromatic nitrogens is 2. The lowest BCUT2D eigenvalue weighted by Gasteiger charge is -2.34. The fraction of sp³-hybridized carbons (Fsp3) is 0.571. The average Bonchev–Trinajstić information content (AvgIpc) is 3.23. The molecule has 174 valence electrons. The first-order valence-corrected chi connectivity index (χ1v) is 12.0. The number of hydrogen-bond acceptors (Lipinski definition) is 4. The molecule has 1 aromatic heterocycles. The first kappa shape index (κ1) is 25.4. The van der Waals surface area contributed by atoms with E-state index in [1.807, 2.05) is 25.9 Å². The minimum absolute atomic E-state index is 0.0514. The van der Waals surface area contributed by atoms with Crippen molar-refractivity contribution in [3.63, 3.8) is 0 Å². The van der Waals surface area contributed by atoms with Gasteiger partial charge in [-0.25, -0.2) is 8.42 Å². The molecule has 0 bridgehead atoms. The van der Waals surface area contributed by atoms with Crippen LogP contribution < -0.4 is 5.32 Å². The van der Waals surface area contributed by atoms with Crippen LogP contribution in [-0.4, -0.2) is 48.6 Å². The Morgan fingerprint density at radius 3 is 2.32 bits per heavy atom. The van der Waals surface area contributed by atoms with Gasteiger partial charge in [-0.3, -0.25) is 5.10 Å². The number of nitrogens with zero attached hydrogens (tertiary/aromatic N) is 2. The maximum Gasteiger partial charge on any atom is 0.433 e. The van der Waals surface area contributed by atoms with Crippen molar-refractivity contribution in [1.82, 2.24) is 19.8 Å². The van der Waals surface area contributed by atoms with Gasteiger partial charge >= 0.3 is 6.18 Å². The molecule has 1 fully saturated rings. The lowest BCUT2D eigenvalue weighted by molar-refractivity contribution is -0.141. The van der Waals surface area contributed by atoms with Crippen molar-refractivity contribution < 1.29 is 21.6 Å². The van der Waals surface area contributed by atoms with Gasteiger partial charge < -0.3 is 5.32 Å². The number of nitrogens with one attached hydrogen (secondary N) is 2. The van der Waals surface area contributed by atoms with Crippen LogP contribution in [0.3, 0.4) is 0 Å². The third-order valence-electron chi connectivity index (χ3n) is 5.17. The fourth-order valence-electron chi connectivity index (χ4n) is 3.61. The molecule has 0 unspecified atom stereocenters. The zero-order chi connectivity index (χ0) is 23.1. The van der Waals surface area contributed by atoms with Gasteiger partial charge in [0.1, 0.15) is 5.69 Å². The monoisotopic (exact) mass is 460 g/mol. The molecule has 0 atom stereocenters. The molecule has 31 heavy (non-hydrogen) atoms. The molecule has 3 rings (SSSR count). The summed E-state index contributed by atoms with van der Waals surface area (Å²) in [6.45, 7) is 7.46. The zero-order valence-electron chi connectivity index (χ0n) is 18.2. The summed E-state index contributed by atoms with van der Waals surface area (Å²) in [7, 11) is -3.74. The highest BCUT2D eigenvalue weighted by Gasteiger charge is 2.36. The van der Waals surface area contributed by atoms with E-state index in [2.05, 4.69) is 10.4 Å². The highest BCUT2D eigenvalue weighted by atomic mass is 32.2. The standard InChI is InChI=1S/C19H25F3N4O2S.C2H6/c1-14-4-6-17(7-5-14)29(27,28)26(16-8-10-23-11-9-16)12-2-3-15-13-24-25-18(15)19(20,21)22;1-2/h4-7,13,16,23H,2-3,8-12H2,1H3,(H,24,25);1-2H3. The maximum atomic E-state index is 13.3. The summed E-state index contributed by atoms with van der Waals surface area (Å²) in [6, 6.07) is 6.48. The van der Waals surface area contributed by atoms with Gasteiger partial charge in [-0.15, -0.1) is 0 Å². The Balaban J connectivity index is 0.00000166. The normalized spacial score (nSPS) is 15.6. The minimum Gasteiger partial charge on any atom is -0.317 e. The molecular formula is C21H31F3N4O2S. The summed E-state index contributed by atoms with van der Waals surface area (Å²) in [5.74, 6) is 0. The summed E-state index contributed by atoms with van der Waals surface area (Å²) < 4.78 is 67.1. The van der Waals surface area contributed by atoms with E-state index in [1.54, 1.807) is 24.3 Å². The molecule has 1 saturated heterocycles. The number of rotatable bonds is 7. The molecule has 1 aliphatic rings. The smallest absolute Gasteiger partial charge is 0.317 e. The van der Waals surface area contributed by atoms with Crippen LogP contribution in [-0.2, 0) is 22.6 Å². The van der Waals surface area contributed by atoms with Gasteiger partial charge in [0.25, 0.3) is 0 Å². The van der Waals surface area contributed by atoms with Gasteiger partial charge in [0.15, 0.2) is 0 Å². The molecule has 2 heterocycles. The Morgan fingerprint density at radius 2 is 1.74 bits per heavy atom. The van der Waals surface area contributed by atoms with Crippen molar-refractivity contribution in [2.24, 2.45) is 0 Å². The van der Waals surface area contributed by atoms with Crippen LogP contribution in [0, 0.1) is 6.92 Å². The SMILES string of the molecule is CC.Cc1ccc(S(=O)(=O)N(CCCc2cn[nH]c2C(F)(F)F)C2CCNCC2)cc1. The topological polar surface area (TPSA) is 78.1 Å². The number of piperidine rings is 1. The van der Waals surface area contributed by atoms with Crippen LogP contribution in [0.4, 0.5) is 13.2 Å². The van der Waals surface area contributed by atoms with Gasteiger partial charge in [0.05, 0.1) is 11.1 Å². The molecule has 2 N–H and O–H groups in total. The zero-order valence-corrected chi connectivity index (χ0v) is 19.0. The lowest BCUT2D eigenvalue weighted by atomic mass is 10.1. The van der Waals surface area contributed by atoms with Crippen LogP contribution in [0.5, 0.6) is 0 Å². The van der Waals surface area contributed by atoms with Crippen molar-refractivity contribution in [3.8, 4) is 0 Å². The van der Waals surface area contributed by atoms with Crippen LogP contribution in [0.15, 0.2) is 35.4 Å². The van der Waals surface area contributed by atoms with Crippen LogP contribution >= 0.6 is 0 Å². The summed E-state index contributed by atoms with van der Waals surface area (Å²) in [6.07, 6.45) is -1.64. The Kier molecular flexibility index (Phi) is 9.08. The van der Waals surface area contributed by atoms with Gasteiger partial charge in [0, 0.05) is 18.2 Å². The Morgan fingerprint density at radius 1 is 1.13 bits per heavy atom. The molecule has 0 radical (unpaired) electrons. The Bertz CT molecular complexity index is 905. The molecule has 0 spiro atoms. The number of alkyl halides is 3. The van der Waals surface area contributed by atoms with Gasteiger partial charge in [0.2, 0.25) is 10.0 Å². The van der Waals surface area contributed by atoms with Crippen molar-refractivity contribution >= 4 is 10.0 Å². The molecule has 2 aromatic rings. The van der Waals surface area contributed by atoms with E-state index < -0.39 is 21.9 Å². The van der Waals surface area contributed by atoms with Crippen molar-refractivity contribution in [3.05, 3.63) is 47.3 Å². The molecule has 0 saturated carbocycles. The minimum atomic E-state index is -4.51. The number of aryl methyl sites for hydroxylation is 2. The van der Waals surface area contributed by atoms with Crippen LogP contribution in [0.1, 0.15) is 49.9 Å². The van der Waals surface area contributed by atoms with Crippen molar-refractivity contribution in [1.29, 1.82) is 0 Å². The second-order valence-electron chi connectivity index (χ2n) is 7.28. The fourth-order valence-corrected chi connectivity index (χ4v) is 5.33. The third kappa shape index (κ3) is 6.54. The number of benzene rings is 1. The summed E-state index contributed by atoms with van der Waals surface area (Å²) in [5, 5.41) is 8.70. The van der Waals surface area contributed by atoms with E-state index in [0.29, 0.717) is 25.9 Å². The maximum absolute atomic E-state index is 13.3. The van der Waals surface area contributed by atoms with Crippen LogP contribution in [0.25, 0.3) is 0 Å². The van der Waals surface area contributed by atoms with E-state index in [9.17, 15) is 21.6 Å². The van der Waals surface area contributed by atoms with Gasteiger partial charge in [-0.05, 0) is 57.8 Å². The predicted octanol–water partition coefficient (Wildman–Crippen LogP) is 4.14. The summed E-state index contributed by atoms with van der Waals surface area (Å²) in [5.41, 5.74) is 0.139. The highest BCUT2D eigenvalue weighted by Crippen LogP contribution is 2.31. The third-order valence-corrected chi connectivity index (χ3v) is 7.14. The number of hydrogen-bond donors (Lipinski definition) is 2. The number of aromatic amines is 1. The summed E-state index contributed by atoms with van der Waals surface area (Å²) in [4.78, 5) is 0.209. The molecule has 10 heteroatoms. The average molecular weight is 461 g/mol. The number of halogens is 3. The second kappa shape index (κ2) is 11.1. The Hall–Kier alpha value is -1.91.